The van der Waals surface area contributed by atoms with Crippen LogP contribution in [0.2, 0.25) is 11.1 Å². The number of carbonyl (C=O) groups excluding carboxylic acids is 1. The van der Waals surface area contributed by atoms with Crippen molar-refractivity contribution in [2.24, 2.45) is 0 Å². The van der Waals surface area contributed by atoms with Crippen molar-refractivity contribution in [2.75, 3.05) is 39.6 Å². The molecule has 0 aromatic carbocycles. The first kappa shape index (κ1) is 31.9. The van der Waals surface area contributed by atoms with Gasteiger partial charge in [-0.05, 0) is 67.2 Å². The first-order chi connectivity index (χ1) is 15.4. The average Bonchev–Trinajstić information content (AvgIpc) is 2.75. The van der Waals surface area contributed by atoms with E-state index in [9.17, 15) is 4.79 Å². The van der Waals surface area contributed by atoms with Gasteiger partial charge in [-0.1, -0.05) is 13.8 Å². The zero-order chi connectivity index (χ0) is 24.5. The van der Waals surface area contributed by atoms with Gasteiger partial charge in [0.1, 0.15) is 5.78 Å². The Morgan fingerprint density at radius 2 is 0.781 bits per heavy atom. The highest BCUT2D eigenvalue weighted by Gasteiger charge is 2.49. The molecule has 32 heavy (non-hydrogen) atoms. The summed E-state index contributed by atoms with van der Waals surface area (Å²) in [7, 11) is -5.62. The summed E-state index contributed by atoms with van der Waals surface area (Å²) in [6, 6.07) is 0. The molecule has 9 heteroatoms. The third-order valence-corrected chi connectivity index (χ3v) is 13.1. The Balaban J connectivity index is 5.16. The number of hydrogen-bond donors (Lipinski definition) is 0. The summed E-state index contributed by atoms with van der Waals surface area (Å²) in [4.78, 5) is 12.9. The molecule has 0 fully saturated rings. The molecule has 0 spiro atoms. The average molecular weight is 495 g/mol. The number of carbonyl (C=O) groups is 1. The van der Waals surface area contributed by atoms with Gasteiger partial charge < -0.3 is 26.6 Å². The second-order valence-corrected chi connectivity index (χ2v) is 13.4. The second-order valence-electron chi connectivity index (χ2n) is 7.63. The van der Waals surface area contributed by atoms with Crippen LogP contribution >= 0.6 is 0 Å². The predicted octanol–water partition coefficient (Wildman–Crippen LogP) is 5.77. The molecule has 2 atom stereocenters. The Hall–Kier alpha value is -0.136. The third kappa shape index (κ3) is 10.0. The van der Waals surface area contributed by atoms with Crippen LogP contribution in [0, 0.1) is 0 Å². The van der Waals surface area contributed by atoms with Gasteiger partial charge in [0.2, 0.25) is 0 Å². The minimum atomic E-state index is -2.81. The fraction of sp³-hybridized carbons (Fsp3) is 0.957. The van der Waals surface area contributed by atoms with E-state index in [4.69, 9.17) is 26.6 Å². The maximum Gasteiger partial charge on any atom is 0.504 e. The van der Waals surface area contributed by atoms with Crippen molar-refractivity contribution >= 4 is 23.4 Å². The van der Waals surface area contributed by atoms with Gasteiger partial charge in [-0.25, -0.2) is 0 Å². The van der Waals surface area contributed by atoms with E-state index in [1.165, 1.54) is 0 Å². The van der Waals surface area contributed by atoms with Crippen LogP contribution in [0.4, 0.5) is 0 Å². The van der Waals surface area contributed by atoms with Gasteiger partial charge in [-0.15, -0.1) is 0 Å². The molecular weight excluding hydrogens is 444 g/mol. The highest BCUT2D eigenvalue weighted by Crippen LogP contribution is 2.36. The van der Waals surface area contributed by atoms with Gasteiger partial charge >= 0.3 is 17.6 Å². The fourth-order valence-electron chi connectivity index (χ4n) is 4.22. The molecule has 0 aromatic rings. The molecule has 0 aromatic heterocycles. The van der Waals surface area contributed by atoms with E-state index in [1.807, 2.05) is 41.5 Å². The van der Waals surface area contributed by atoms with Crippen molar-refractivity contribution in [3.05, 3.63) is 0 Å². The van der Waals surface area contributed by atoms with Gasteiger partial charge in [-0.2, -0.15) is 0 Å². The van der Waals surface area contributed by atoms with Crippen molar-refractivity contribution < 1.29 is 31.4 Å². The van der Waals surface area contributed by atoms with E-state index < -0.39 is 17.6 Å². The third-order valence-electron chi connectivity index (χ3n) is 5.60. The molecule has 0 amide bonds. The van der Waals surface area contributed by atoms with E-state index >= 15 is 0 Å². The van der Waals surface area contributed by atoms with Gasteiger partial charge in [0, 0.05) is 63.6 Å². The standard InChI is InChI=1S/C23H50O7Si2/c1-9-22(31(25-11-3,26-12-4)27-13-5)19-17-21(24)18-20-23(10-2)32(28-14-6,29-15-7)30-16-8/h22-23H,9-20H2,1-8H3. The van der Waals surface area contributed by atoms with Crippen LogP contribution in [0.5, 0.6) is 0 Å². The van der Waals surface area contributed by atoms with Gasteiger partial charge in [-0.3, -0.25) is 4.79 Å². The molecule has 0 bridgehead atoms. The van der Waals surface area contributed by atoms with Crippen LogP contribution in [-0.4, -0.2) is 63.0 Å². The van der Waals surface area contributed by atoms with Gasteiger partial charge in [0.25, 0.3) is 0 Å². The quantitative estimate of drug-likeness (QED) is 0.177. The number of Topliss-reactive ketones (excluding diaryl/α,β-unsaturated/α-hetero) is 1. The highest BCUT2D eigenvalue weighted by molar-refractivity contribution is 6.62. The maximum atomic E-state index is 12.9. The summed E-state index contributed by atoms with van der Waals surface area (Å²) in [5, 5.41) is 0. The van der Waals surface area contributed by atoms with Crippen LogP contribution < -0.4 is 0 Å². The molecule has 192 valence electrons. The minimum absolute atomic E-state index is 0.122. The van der Waals surface area contributed by atoms with E-state index in [-0.39, 0.29) is 16.9 Å². The SMILES string of the molecule is CCO[Si](OCC)(OCC)C(CC)CCC(=O)CCC(CC)[Si](OCC)(OCC)OCC. The van der Waals surface area contributed by atoms with Crippen LogP contribution in [0.3, 0.4) is 0 Å². The van der Waals surface area contributed by atoms with Crippen molar-refractivity contribution in [1.82, 2.24) is 0 Å². The first-order valence-electron chi connectivity index (χ1n) is 12.7. The summed E-state index contributed by atoms with van der Waals surface area (Å²) in [5.41, 5.74) is 0.244. The van der Waals surface area contributed by atoms with E-state index in [1.54, 1.807) is 0 Å². The van der Waals surface area contributed by atoms with Crippen molar-refractivity contribution in [1.29, 1.82) is 0 Å². The van der Waals surface area contributed by atoms with Crippen molar-refractivity contribution in [3.63, 3.8) is 0 Å². The molecule has 0 saturated carbocycles. The molecule has 0 heterocycles. The molecule has 0 rings (SSSR count). The number of rotatable bonds is 22. The molecular formula is C23H50O7Si2. The predicted molar refractivity (Wildman–Crippen MR) is 133 cm³/mol. The molecule has 2 unspecified atom stereocenters. The molecule has 0 aliphatic heterocycles. The lowest BCUT2D eigenvalue weighted by Gasteiger charge is -2.35. The van der Waals surface area contributed by atoms with E-state index in [0.29, 0.717) is 52.5 Å². The fourth-order valence-corrected chi connectivity index (χ4v) is 10.5. The summed E-state index contributed by atoms with van der Waals surface area (Å²) >= 11 is 0. The molecule has 0 saturated heterocycles. The molecule has 0 aliphatic rings. The Morgan fingerprint density at radius 1 is 0.531 bits per heavy atom. The van der Waals surface area contributed by atoms with Crippen molar-refractivity contribution in [2.45, 2.75) is 105 Å². The Kier molecular flexibility index (Phi) is 18.1. The monoisotopic (exact) mass is 494 g/mol. The summed E-state index contributed by atoms with van der Waals surface area (Å²) in [5.74, 6) is 0.252. The largest absolute Gasteiger partial charge is 0.504 e. The number of hydrogen-bond acceptors (Lipinski definition) is 7. The molecule has 0 N–H and O–H groups in total. The molecule has 0 radical (unpaired) electrons. The van der Waals surface area contributed by atoms with Crippen LogP contribution in [0.1, 0.15) is 93.9 Å². The van der Waals surface area contributed by atoms with Gasteiger partial charge in [0.15, 0.2) is 0 Å². The first-order valence-corrected chi connectivity index (χ1v) is 16.3. The summed E-state index contributed by atoms with van der Waals surface area (Å²) in [6.45, 7) is 19.3. The lowest BCUT2D eigenvalue weighted by Crippen LogP contribution is -2.50. The molecule has 7 nitrogen and oxygen atoms in total. The maximum absolute atomic E-state index is 12.9. The Morgan fingerprint density at radius 3 is 0.969 bits per heavy atom. The van der Waals surface area contributed by atoms with E-state index in [2.05, 4.69) is 13.8 Å². The minimum Gasteiger partial charge on any atom is -0.374 e. The normalized spacial score (nSPS) is 14.5. The van der Waals surface area contributed by atoms with Crippen molar-refractivity contribution in [3.8, 4) is 0 Å². The Labute approximate surface area is 199 Å². The summed E-state index contributed by atoms with van der Waals surface area (Å²) in [6.07, 6.45) is 4.19. The zero-order valence-corrected chi connectivity index (χ0v) is 24.0. The van der Waals surface area contributed by atoms with Crippen LogP contribution in [0.15, 0.2) is 0 Å². The molecule has 0 aliphatic carbocycles. The zero-order valence-electron chi connectivity index (χ0n) is 22.0. The van der Waals surface area contributed by atoms with E-state index in [0.717, 1.165) is 25.7 Å². The highest BCUT2D eigenvalue weighted by atomic mass is 28.4. The lowest BCUT2D eigenvalue weighted by molar-refractivity contribution is -0.119. The second kappa shape index (κ2) is 18.2. The Bertz CT molecular complexity index is 405. The lowest BCUT2D eigenvalue weighted by atomic mass is 10.1. The smallest absolute Gasteiger partial charge is 0.374 e. The summed E-state index contributed by atoms with van der Waals surface area (Å²) < 4.78 is 36.5. The topological polar surface area (TPSA) is 72.5 Å². The van der Waals surface area contributed by atoms with Gasteiger partial charge in [0.05, 0.1) is 0 Å². The van der Waals surface area contributed by atoms with Crippen LogP contribution in [0.25, 0.3) is 0 Å². The van der Waals surface area contributed by atoms with Crippen LogP contribution in [-0.2, 0) is 31.4 Å². The number of ketones is 1.